The van der Waals surface area contributed by atoms with Crippen LogP contribution in [0.4, 0.5) is 5.69 Å². The predicted molar refractivity (Wildman–Crippen MR) is 86.2 cm³/mol. The molecular weight excluding hydrogens is 294 g/mol. The first-order valence-electron chi connectivity index (χ1n) is 7.38. The molecule has 5 nitrogen and oxygen atoms in total. The summed E-state index contributed by atoms with van der Waals surface area (Å²) in [5.74, 6) is 1.09. The molecule has 118 valence electrons. The third-order valence-corrected chi connectivity index (χ3v) is 3.76. The quantitative estimate of drug-likeness (QED) is 0.871. The number of carbonyl (C=O) groups excluding carboxylic acids is 2. The number of fused-ring (bicyclic) bond motifs is 1. The largest absolute Gasteiger partial charge is 0.497 e. The van der Waals surface area contributed by atoms with Gasteiger partial charge in [0.05, 0.1) is 12.8 Å². The van der Waals surface area contributed by atoms with Crippen molar-refractivity contribution in [2.75, 3.05) is 25.2 Å². The standard InChI is InChI=1S/C18H17NO4/c1-22-14-7-8-16-15(11-14)17(20)9-10-19(16)18(21)12-23-13-5-3-2-4-6-13/h2-8,11H,9-10,12H2,1H3. The molecule has 3 rings (SSSR count). The van der Waals surface area contributed by atoms with Crippen molar-refractivity contribution in [3.8, 4) is 11.5 Å². The Morgan fingerprint density at radius 3 is 2.65 bits per heavy atom. The van der Waals surface area contributed by atoms with E-state index in [1.54, 1.807) is 42.3 Å². The number of para-hydroxylation sites is 1. The smallest absolute Gasteiger partial charge is 0.264 e. The highest BCUT2D eigenvalue weighted by Crippen LogP contribution is 2.30. The molecule has 1 aliphatic heterocycles. The SMILES string of the molecule is COc1ccc2c(c1)C(=O)CCN2C(=O)COc1ccccc1. The van der Waals surface area contributed by atoms with E-state index in [0.29, 0.717) is 35.7 Å². The number of hydrogen-bond acceptors (Lipinski definition) is 4. The Labute approximate surface area is 134 Å². The lowest BCUT2D eigenvalue weighted by molar-refractivity contribution is -0.120. The van der Waals surface area contributed by atoms with Gasteiger partial charge in [-0.3, -0.25) is 9.59 Å². The zero-order valence-electron chi connectivity index (χ0n) is 12.8. The van der Waals surface area contributed by atoms with E-state index < -0.39 is 0 Å². The van der Waals surface area contributed by atoms with Gasteiger partial charge in [-0.05, 0) is 30.3 Å². The molecule has 1 heterocycles. The fourth-order valence-corrected chi connectivity index (χ4v) is 2.57. The molecule has 0 atom stereocenters. The van der Waals surface area contributed by atoms with Crippen LogP contribution in [0.1, 0.15) is 16.8 Å². The van der Waals surface area contributed by atoms with Gasteiger partial charge in [0.15, 0.2) is 12.4 Å². The first kappa shape index (κ1) is 15.1. The van der Waals surface area contributed by atoms with Gasteiger partial charge in [0.25, 0.3) is 5.91 Å². The van der Waals surface area contributed by atoms with Crippen LogP contribution in [0.25, 0.3) is 0 Å². The Balaban J connectivity index is 1.77. The molecule has 0 unspecified atom stereocenters. The summed E-state index contributed by atoms with van der Waals surface area (Å²) in [7, 11) is 1.55. The van der Waals surface area contributed by atoms with Crippen LogP contribution in [0.3, 0.4) is 0 Å². The van der Waals surface area contributed by atoms with E-state index in [1.165, 1.54) is 0 Å². The summed E-state index contributed by atoms with van der Waals surface area (Å²) in [5.41, 5.74) is 1.13. The molecule has 1 amide bonds. The van der Waals surface area contributed by atoms with Crippen LogP contribution in [0, 0.1) is 0 Å². The number of rotatable bonds is 4. The van der Waals surface area contributed by atoms with Crippen LogP contribution in [-0.4, -0.2) is 32.0 Å². The third-order valence-electron chi connectivity index (χ3n) is 3.76. The van der Waals surface area contributed by atoms with E-state index in [9.17, 15) is 9.59 Å². The van der Waals surface area contributed by atoms with Crippen molar-refractivity contribution in [2.24, 2.45) is 0 Å². The minimum Gasteiger partial charge on any atom is -0.497 e. The average molecular weight is 311 g/mol. The summed E-state index contributed by atoms with van der Waals surface area (Å²) < 4.78 is 10.7. The second kappa shape index (κ2) is 6.52. The van der Waals surface area contributed by atoms with Crippen LogP contribution in [-0.2, 0) is 4.79 Å². The fourth-order valence-electron chi connectivity index (χ4n) is 2.57. The monoisotopic (exact) mass is 311 g/mol. The highest BCUT2D eigenvalue weighted by Gasteiger charge is 2.27. The number of benzene rings is 2. The number of anilines is 1. The van der Waals surface area contributed by atoms with Crippen molar-refractivity contribution in [1.29, 1.82) is 0 Å². The number of nitrogens with zero attached hydrogens (tertiary/aromatic N) is 1. The Morgan fingerprint density at radius 1 is 1.13 bits per heavy atom. The lowest BCUT2D eigenvalue weighted by Gasteiger charge is -2.29. The topological polar surface area (TPSA) is 55.8 Å². The Morgan fingerprint density at radius 2 is 1.91 bits per heavy atom. The van der Waals surface area contributed by atoms with Crippen LogP contribution in [0.15, 0.2) is 48.5 Å². The molecule has 23 heavy (non-hydrogen) atoms. The third kappa shape index (κ3) is 3.18. The van der Waals surface area contributed by atoms with Crippen LogP contribution in [0.5, 0.6) is 11.5 Å². The molecule has 0 radical (unpaired) electrons. The number of carbonyl (C=O) groups is 2. The second-order valence-corrected chi connectivity index (χ2v) is 5.20. The molecule has 0 saturated heterocycles. The van der Waals surface area contributed by atoms with E-state index in [2.05, 4.69) is 0 Å². The molecule has 0 bridgehead atoms. The summed E-state index contributed by atoms with van der Waals surface area (Å²) in [6.07, 6.45) is 0.303. The molecule has 0 aromatic heterocycles. The van der Waals surface area contributed by atoms with Gasteiger partial charge in [-0.2, -0.15) is 0 Å². The van der Waals surface area contributed by atoms with Crippen molar-refractivity contribution < 1.29 is 19.1 Å². The highest BCUT2D eigenvalue weighted by molar-refractivity contribution is 6.09. The van der Waals surface area contributed by atoms with Crippen LogP contribution >= 0.6 is 0 Å². The van der Waals surface area contributed by atoms with Gasteiger partial charge in [-0.15, -0.1) is 0 Å². The predicted octanol–water partition coefficient (Wildman–Crippen LogP) is 2.69. The fraction of sp³-hybridized carbons (Fsp3) is 0.222. The normalized spacial score (nSPS) is 13.4. The number of ketones is 1. The molecule has 2 aromatic rings. The molecule has 0 fully saturated rings. The van der Waals surface area contributed by atoms with Gasteiger partial charge in [0, 0.05) is 18.5 Å². The second-order valence-electron chi connectivity index (χ2n) is 5.20. The average Bonchev–Trinajstić information content (AvgIpc) is 2.60. The van der Waals surface area contributed by atoms with E-state index in [4.69, 9.17) is 9.47 Å². The molecule has 0 N–H and O–H groups in total. The number of methoxy groups -OCH3 is 1. The Bertz CT molecular complexity index is 727. The molecule has 1 aliphatic rings. The van der Waals surface area contributed by atoms with Crippen LogP contribution < -0.4 is 14.4 Å². The van der Waals surface area contributed by atoms with Gasteiger partial charge in [-0.25, -0.2) is 0 Å². The molecule has 0 aliphatic carbocycles. The number of Topliss-reactive ketones (excluding diaryl/α,β-unsaturated/α-hetero) is 1. The van der Waals surface area contributed by atoms with E-state index in [0.717, 1.165) is 0 Å². The van der Waals surface area contributed by atoms with Gasteiger partial charge >= 0.3 is 0 Å². The summed E-state index contributed by atoms with van der Waals surface area (Å²) in [4.78, 5) is 26.1. The minimum atomic E-state index is -0.173. The van der Waals surface area contributed by atoms with Gasteiger partial charge < -0.3 is 14.4 Å². The Hall–Kier alpha value is -2.82. The van der Waals surface area contributed by atoms with Gasteiger partial charge in [-0.1, -0.05) is 18.2 Å². The van der Waals surface area contributed by atoms with Crippen molar-refractivity contribution in [3.63, 3.8) is 0 Å². The van der Waals surface area contributed by atoms with Gasteiger partial charge in [0.1, 0.15) is 11.5 Å². The molecule has 2 aromatic carbocycles. The molecule has 0 saturated carbocycles. The molecule has 0 spiro atoms. The maximum Gasteiger partial charge on any atom is 0.264 e. The minimum absolute atomic E-state index is 0.0203. The van der Waals surface area contributed by atoms with Crippen molar-refractivity contribution >= 4 is 17.4 Å². The summed E-state index contributed by atoms with van der Waals surface area (Å²) in [6.45, 7) is 0.304. The first-order valence-corrected chi connectivity index (χ1v) is 7.38. The number of amides is 1. The number of hydrogen-bond donors (Lipinski definition) is 0. The zero-order chi connectivity index (χ0) is 16.2. The summed E-state index contributed by atoms with van der Waals surface area (Å²) >= 11 is 0. The lowest BCUT2D eigenvalue weighted by atomic mass is 10.00. The number of ether oxygens (including phenoxy) is 2. The zero-order valence-corrected chi connectivity index (χ0v) is 12.8. The lowest BCUT2D eigenvalue weighted by Crippen LogP contribution is -2.40. The van der Waals surface area contributed by atoms with E-state index in [-0.39, 0.29) is 18.3 Å². The van der Waals surface area contributed by atoms with Crippen LogP contribution in [0.2, 0.25) is 0 Å². The van der Waals surface area contributed by atoms with E-state index >= 15 is 0 Å². The van der Waals surface area contributed by atoms with E-state index in [1.807, 2.05) is 18.2 Å². The van der Waals surface area contributed by atoms with Crippen molar-refractivity contribution in [2.45, 2.75) is 6.42 Å². The molecular formula is C18H17NO4. The highest BCUT2D eigenvalue weighted by atomic mass is 16.5. The maximum absolute atomic E-state index is 12.5. The maximum atomic E-state index is 12.5. The Kier molecular flexibility index (Phi) is 4.28. The summed E-state index contributed by atoms with van der Waals surface area (Å²) in [6, 6.07) is 14.3. The van der Waals surface area contributed by atoms with Crippen molar-refractivity contribution in [3.05, 3.63) is 54.1 Å². The van der Waals surface area contributed by atoms with Crippen molar-refractivity contribution in [1.82, 2.24) is 0 Å². The summed E-state index contributed by atoms with van der Waals surface area (Å²) in [5, 5.41) is 0. The molecule has 5 heteroatoms. The van der Waals surface area contributed by atoms with Gasteiger partial charge in [0.2, 0.25) is 0 Å². The first-order chi connectivity index (χ1) is 11.2.